The van der Waals surface area contributed by atoms with E-state index in [0.717, 1.165) is 17.6 Å². The zero-order chi connectivity index (χ0) is 8.60. The second-order valence-corrected chi connectivity index (χ2v) is 4.19. The molecule has 0 saturated carbocycles. The number of hydrogen-bond donors (Lipinski definition) is 2. The van der Waals surface area contributed by atoms with Gasteiger partial charge in [-0.25, -0.2) is 0 Å². The first-order chi connectivity index (χ1) is 5.71. The molecule has 64 valence electrons. The maximum atomic E-state index is 6.11. The Morgan fingerprint density at radius 3 is 2.67 bits per heavy atom. The van der Waals surface area contributed by atoms with Crippen LogP contribution in [0.15, 0.2) is 28.7 Å². The van der Waals surface area contributed by atoms with Crippen LogP contribution in [0.4, 0.5) is 0 Å². The number of rotatable bonds is 1. The van der Waals surface area contributed by atoms with E-state index in [2.05, 4.69) is 33.4 Å². The highest BCUT2D eigenvalue weighted by Crippen LogP contribution is 2.24. The predicted octanol–water partition coefficient (Wildman–Crippen LogP) is 1.21. The Hall–Kier alpha value is -0.380. The molecule has 1 aliphatic heterocycles. The van der Waals surface area contributed by atoms with Crippen molar-refractivity contribution in [3.8, 4) is 0 Å². The Labute approximate surface area is 80.3 Å². The highest BCUT2D eigenvalue weighted by molar-refractivity contribution is 9.10. The number of halogens is 1. The van der Waals surface area contributed by atoms with Gasteiger partial charge in [-0.15, -0.1) is 0 Å². The van der Waals surface area contributed by atoms with Crippen molar-refractivity contribution in [2.45, 2.75) is 5.54 Å². The summed E-state index contributed by atoms with van der Waals surface area (Å²) >= 11 is 3.43. The molecule has 0 bridgehead atoms. The molecule has 3 heteroatoms. The lowest BCUT2D eigenvalue weighted by Crippen LogP contribution is -2.62. The lowest BCUT2D eigenvalue weighted by atomic mass is 9.86. The van der Waals surface area contributed by atoms with Crippen LogP contribution in [0.5, 0.6) is 0 Å². The van der Waals surface area contributed by atoms with Crippen molar-refractivity contribution in [2.24, 2.45) is 5.73 Å². The standard InChI is InChI=1S/C9H11BrN2/c10-8-3-1-2-7(4-8)9(11)5-12-6-9/h1-4,12H,5-6,11H2. The van der Waals surface area contributed by atoms with Gasteiger partial charge in [-0.2, -0.15) is 0 Å². The average Bonchev–Trinajstić information content (AvgIpc) is 2.00. The maximum absolute atomic E-state index is 6.11. The quantitative estimate of drug-likeness (QED) is 0.756. The first-order valence-corrected chi connectivity index (χ1v) is 4.76. The average molecular weight is 227 g/mol. The molecule has 1 heterocycles. The van der Waals surface area contributed by atoms with Crippen LogP contribution in [0.1, 0.15) is 5.56 Å². The predicted molar refractivity (Wildman–Crippen MR) is 52.9 cm³/mol. The van der Waals surface area contributed by atoms with E-state index in [4.69, 9.17) is 5.73 Å². The van der Waals surface area contributed by atoms with Crippen molar-refractivity contribution in [1.82, 2.24) is 5.32 Å². The Bertz CT molecular complexity index is 294. The van der Waals surface area contributed by atoms with Gasteiger partial charge < -0.3 is 11.1 Å². The molecule has 0 spiro atoms. The van der Waals surface area contributed by atoms with Gasteiger partial charge >= 0.3 is 0 Å². The fraction of sp³-hybridized carbons (Fsp3) is 0.333. The van der Waals surface area contributed by atoms with Crippen LogP contribution in [0.3, 0.4) is 0 Å². The van der Waals surface area contributed by atoms with Crippen LogP contribution in [0.25, 0.3) is 0 Å². The van der Waals surface area contributed by atoms with E-state index in [9.17, 15) is 0 Å². The van der Waals surface area contributed by atoms with Gasteiger partial charge in [-0.05, 0) is 17.7 Å². The van der Waals surface area contributed by atoms with Crippen LogP contribution < -0.4 is 11.1 Å². The molecule has 1 aromatic rings. The molecule has 3 N–H and O–H groups in total. The summed E-state index contributed by atoms with van der Waals surface area (Å²) in [6.07, 6.45) is 0. The molecule has 12 heavy (non-hydrogen) atoms. The zero-order valence-electron chi connectivity index (χ0n) is 6.68. The number of nitrogens with one attached hydrogen (secondary N) is 1. The van der Waals surface area contributed by atoms with Crippen molar-refractivity contribution >= 4 is 15.9 Å². The lowest BCUT2D eigenvalue weighted by Gasteiger charge is -2.39. The fourth-order valence-corrected chi connectivity index (χ4v) is 1.80. The second-order valence-electron chi connectivity index (χ2n) is 3.27. The van der Waals surface area contributed by atoms with Crippen molar-refractivity contribution in [2.75, 3.05) is 13.1 Å². The van der Waals surface area contributed by atoms with Crippen molar-refractivity contribution < 1.29 is 0 Å². The third-order valence-electron chi connectivity index (χ3n) is 2.28. The molecule has 0 radical (unpaired) electrons. The fourth-order valence-electron chi connectivity index (χ4n) is 1.40. The monoisotopic (exact) mass is 226 g/mol. The molecule has 1 fully saturated rings. The Morgan fingerprint density at radius 1 is 1.42 bits per heavy atom. The summed E-state index contributed by atoms with van der Waals surface area (Å²) in [4.78, 5) is 0. The van der Waals surface area contributed by atoms with Gasteiger partial charge in [0.25, 0.3) is 0 Å². The van der Waals surface area contributed by atoms with Crippen LogP contribution in [0.2, 0.25) is 0 Å². The van der Waals surface area contributed by atoms with Gasteiger partial charge in [0.05, 0.1) is 5.54 Å². The highest BCUT2D eigenvalue weighted by atomic mass is 79.9. The normalized spacial score (nSPS) is 20.2. The number of benzene rings is 1. The van der Waals surface area contributed by atoms with E-state index in [-0.39, 0.29) is 5.54 Å². The summed E-state index contributed by atoms with van der Waals surface area (Å²) < 4.78 is 1.09. The maximum Gasteiger partial charge on any atom is 0.0662 e. The van der Waals surface area contributed by atoms with Gasteiger partial charge in [0.15, 0.2) is 0 Å². The molecule has 1 saturated heterocycles. The van der Waals surface area contributed by atoms with Crippen molar-refractivity contribution in [3.63, 3.8) is 0 Å². The van der Waals surface area contributed by atoms with Crippen LogP contribution in [-0.4, -0.2) is 13.1 Å². The molecule has 0 aromatic heterocycles. The second kappa shape index (κ2) is 2.83. The van der Waals surface area contributed by atoms with Crippen molar-refractivity contribution in [3.05, 3.63) is 34.3 Å². The topological polar surface area (TPSA) is 38.0 Å². The largest absolute Gasteiger partial charge is 0.319 e. The van der Waals surface area contributed by atoms with Crippen LogP contribution >= 0.6 is 15.9 Å². The van der Waals surface area contributed by atoms with E-state index < -0.39 is 0 Å². The van der Waals surface area contributed by atoms with Gasteiger partial charge in [-0.3, -0.25) is 0 Å². The Balaban J connectivity index is 2.33. The summed E-state index contributed by atoms with van der Waals surface area (Å²) in [5, 5.41) is 3.18. The molecular weight excluding hydrogens is 216 g/mol. The smallest absolute Gasteiger partial charge is 0.0662 e. The first kappa shape index (κ1) is 8.23. The minimum Gasteiger partial charge on any atom is -0.319 e. The third-order valence-corrected chi connectivity index (χ3v) is 2.77. The summed E-state index contributed by atoms with van der Waals surface area (Å²) in [5.74, 6) is 0. The lowest BCUT2D eigenvalue weighted by molar-refractivity contribution is 0.287. The molecule has 2 nitrogen and oxygen atoms in total. The number of hydrogen-bond acceptors (Lipinski definition) is 2. The molecule has 1 aliphatic rings. The SMILES string of the molecule is NC1(c2cccc(Br)c2)CNC1. The van der Waals surface area contributed by atoms with E-state index in [1.807, 2.05) is 12.1 Å². The summed E-state index contributed by atoms with van der Waals surface area (Å²) in [6.45, 7) is 1.76. The summed E-state index contributed by atoms with van der Waals surface area (Å²) in [7, 11) is 0. The minimum absolute atomic E-state index is 0.135. The van der Waals surface area contributed by atoms with E-state index >= 15 is 0 Å². The summed E-state index contributed by atoms with van der Waals surface area (Å²) in [6, 6.07) is 8.19. The summed E-state index contributed by atoms with van der Waals surface area (Å²) in [5.41, 5.74) is 7.18. The van der Waals surface area contributed by atoms with Gasteiger partial charge in [0.1, 0.15) is 0 Å². The molecule has 0 amide bonds. The van der Waals surface area contributed by atoms with Gasteiger partial charge in [0, 0.05) is 17.6 Å². The Morgan fingerprint density at radius 2 is 2.17 bits per heavy atom. The molecule has 2 rings (SSSR count). The molecule has 1 aromatic carbocycles. The third kappa shape index (κ3) is 1.28. The van der Waals surface area contributed by atoms with Crippen molar-refractivity contribution in [1.29, 1.82) is 0 Å². The zero-order valence-corrected chi connectivity index (χ0v) is 8.26. The van der Waals surface area contributed by atoms with E-state index in [1.165, 1.54) is 5.56 Å². The van der Waals surface area contributed by atoms with Crippen LogP contribution in [0, 0.1) is 0 Å². The highest BCUT2D eigenvalue weighted by Gasteiger charge is 2.33. The van der Waals surface area contributed by atoms with E-state index in [0.29, 0.717) is 0 Å². The molecule has 0 unspecified atom stereocenters. The molecular formula is C9H11BrN2. The molecule has 0 atom stereocenters. The minimum atomic E-state index is -0.135. The first-order valence-electron chi connectivity index (χ1n) is 3.96. The Kier molecular flexibility index (Phi) is 1.94. The molecule has 0 aliphatic carbocycles. The van der Waals surface area contributed by atoms with E-state index in [1.54, 1.807) is 0 Å². The van der Waals surface area contributed by atoms with Gasteiger partial charge in [0.2, 0.25) is 0 Å². The number of nitrogens with two attached hydrogens (primary N) is 1. The van der Waals surface area contributed by atoms with Crippen LogP contribution in [-0.2, 0) is 5.54 Å². The van der Waals surface area contributed by atoms with Gasteiger partial charge in [-0.1, -0.05) is 28.1 Å².